The molecule has 2 aliphatic rings. The molecule has 3 rings (SSSR count). The topological polar surface area (TPSA) is 16.1 Å². The fourth-order valence-corrected chi connectivity index (χ4v) is 4.93. The lowest BCUT2D eigenvalue weighted by atomic mass is 9.80. The summed E-state index contributed by atoms with van der Waals surface area (Å²) in [5.41, 5.74) is 5.57. The van der Waals surface area contributed by atoms with E-state index in [2.05, 4.69) is 52.5 Å². The second-order valence-electron chi connectivity index (χ2n) is 7.18. The van der Waals surface area contributed by atoms with Crippen molar-refractivity contribution in [3.63, 3.8) is 0 Å². The van der Waals surface area contributed by atoms with Crippen molar-refractivity contribution in [2.45, 2.75) is 66.5 Å². The number of pyridine rings is 1. The van der Waals surface area contributed by atoms with E-state index in [9.17, 15) is 0 Å². The molecule has 2 nitrogen and oxygen atoms in total. The number of aromatic nitrogens is 1. The number of fused-ring (bicyclic) bond motifs is 2. The summed E-state index contributed by atoms with van der Waals surface area (Å²) in [6, 6.07) is 3.57. The molecule has 1 saturated heterocycles. The molecule has 0 spiro atoms. The molecule has 0 aromatic carbocycles. The van der Waals surface area contributed by atoms with E-state index in [0.29, 0.717) is 17.5 Å². The molecule has 3 unspecified atom stereocenters. The van der Waals surface area contributed by atoms with Gasteiger partial charge in [-0.25, -0.2) is 0 Å². The second-order valence-corrected chi connectivity index (χ2v) is 7.18. The zero-order valence-corrected chi connectivity index (χ0v) is 13.1. The van der Waals surface area contributed by atoms with Gasteiger partial charge >= 0.3 is 0 Å². The first-order chi connectivity index (χ1) is 8.84. The molecule has 0 radical (unpaired) electrons. The molecule has 1 aromatic rings. The van der Waals surface area contributed by atoms with Crippen LogP contribution in [-0.2, 0) is 0 Å². The largest absolute Gasteiger partial charge is 0.363 e. The monoisotopic (exact) mass is 258 g/mol. The van der Waals surface area contributed by atoms with E-state index in [-0.39, 0.29) is 0 Å². The number of hydrogen-bond donors (Lipinski definition) is 0. The van der Waals surface area contributed by atoms with Crippen LogP contribution in [0.15, 0.2) is 6.07 Å². The maximum Gasteiger partial charge on any atom is 0.0617 e. The van der Waals surface area contributed by atoms with Gasteiger partial charge in [-0.1, -0.05) is 13.8 Å². The van der Waals surface area contributed by atoms with Crippen molar-refractivity contribution in [1.82, 2.24) is 4.98 Å². The lowest BCUT2D eigenvalue weighted by Crippen LogP contribution is -2.41. The highest BCUT2D eigenvalue weighted by Crippen LogP contribution is 2.56. The molecule has 2 heterocycles. The summed E-state index contributed by atoms with van der Waals surface area (Å²) in [6.45, 7) is 13.8. The quantitative estimate of drug-likeness (QED) is 0.756. The predicted molar refractivity (Wildman–Crippen MR) is 80.7 cm³/mol. The van der Waals surface area contributed by atoms with Gasteiger partial charge in [0.15, 0.2) is 0 Å². The average molecular weight is 258 g/mol. The van der Waals surface area contributed by atoms with Crippen LogP contribution in [0, 0.1) is 32.1 Å². The highest BCUT2D eigenvalue weighted by Gasteiger charge is 2.56. The van der Waals surface area contributed by atoms with Crippen LogP contribution in [0.25, 0.3) is 0 Å². The van der Waals surface area contributed by atoms with Gasteiger partial charge < -0.3 is 4.90 Å². The third kappa shape index (κ3) is 1.65. The number of piperidine rings is 1. The average Bonchev–Trinajstić information content (AvgIpc) is 2.66. The minimum atomic E-state index is 0.448. The standard InChI is InChI=1S/C17H26N2/c1-10-9-11(2)18-12(3)16(10)19-13(4)14-7-8-15(19)17(14,5)6/h9,13-15H,7-8H2,1-6H3. The molecular formula is C17H26N2. The molecule has 2 heteroatoms. The van der Waals surface area contributed by atoms with E-state index in [1.807, 2.05) is 0 Å². The van der Waals surface area contributed by atoms with Crippen molar-refractivity contribution in [2.24, 2.45) is 11.3 Å². The minimum absolute atomic E-state index is 0.448. The first-order valence-corrected chi connectivity index (χ1v) is 7.57. The summed E-state index contributed by atoms with van der Waals surface area (Å²) in [4.78, 5) is 7.39. The molecule has 1 saturated carbocycles. The van der Waals surface area contributed by atoms with E-state index in [1.54, 1.807) is 0 Å². The molecule has 2 bridgehead atoms. The first kappa shape index (κ1) is 13.0. The van der Waals surface area contributed by atoms with Crippen LogP contribution < -0.4 is 4.90 Å². The van der Waals surface area contributed by atoms with E-state index < -0.39 is 0 Å². The van der Waals surface area contributed by atoms with Crippen molar-refractivity contribution in [3.8, 4) is 0 Å². The Morgan fingerprint density at radius 2 is 1.89 bits per heavy atom. The summed E-state index contributed by atoms with van der Waals surface area (Å²) < 4.78 is 0. The molecule has 1 aromatic heterocycles. The number of anilines is 1. The van der Waals surface area contributed by atoms with Crippen molar-refractivity contribution >= 4 is 5.69 Å². The molecule has 3 atom stereocenters. The second kappa shape index (κ2) is 3.97. The predicted octanol–water partition coefficient (Wildman–Crippen LogP) is 4.02. The fourth-order valence-electron chi connectivity index (χ4n) is 4.93. The van der Waals surface area contributed by atoms with Crippen molar-refractivity contribution in [3.05, 3.63) is 23.0 Å². The summed E-state index contributed by atoms with van der Waals surface area (Å²) in [5, 5.41) is 0. The van der Waals surface area contributed by atoms with Gasteiger partial charge in [-0.2, -0.15) is 0 Å². The Balaban J connectivity index is 2.09. The molecule has 2 fully saturated rings. The normalized spacial score (nSPS) is 32.1. The SMILES string of the molecule is Cc1cc(C)c(N2C(C)C3CCC2C3(C)C)c(C)n1. The van der Waals surface area contributed by atoms with Crippen LogP contribution in [0.5, 0.6) is 0 Å². The zero-order valence-electron chi connectivity index (χ0n) is 13.1. The van der Waals surface area contributed by atoms with Gasteiger partial charge in [-0.3, -0.25) is 4.98 Å². The lowest BCUT2D eigenvalue weighted by Gasteiger charge is -2.37. The molecule has 19 heavy (non-hydrogen) atoms. The Morgan fingerprint density at radius 3 is 2.42 bits per heavy atom. The lowest BCUT2D eigenvalue weighted by molar-refractivity contribution is 0.286. The van der Waals surface area contributed by atoms with E-state index in [4.69, 9.17) is 4.98 Å². The number of hydrogen-bond acceptors (Lipinski definition) is 2. The van der Waals surface area contributed by atoms with Crippen molar-refractivity contribution < 1.29 is 0 Å². The van der Waals surface area contributed by atoms with E-state index in [1.165, 1.54) is 29.8 Å². The summed E-state index contributed by atoms with van der Waals surface area (Å²) in [5.74, 6) is 0.831. The highest BCUT2D eigenvalue weighted by molar-refractivity contribution is 5.60. The molecule has 0 N–H and O–H groups in total. The third-order valence-corrected chi connectivity index (χ3v) is 5.67. The van der Waals surface area contributed by atoms with Crippen molar-refractivity contribution in [1.29, 1.82) is 0 Å². The molecule has 1 aliphatic carbocycles. The summed E-state index contributed by atoms with van der Waals surface area (Å²) in [7, 11) is 0. The van der Waals surface area contributed by atoms with Crippen LogP contribution >= 0.6 is 0 Å². The van der Waals surface area contributed by atoms with Crippen LogP contribution in [0.2, 0.25) is 0 Å². The Labute approximate surface area is 117 Å². The molecule has 1 aliphatic heterocycles. The summed E-state index contributed by atoms with van der Waals surface area (Å²) in [6.07, 6.45) is 2.74. The van der Waals surface area contributed by atoms with Gasteiger partial charge in [-0.15, -0.1) is 0 Å². The Morgan fingerprint density at radius 1 is 1.21 bits per heavy atom. The minimum Gasteiger partial charge on any atom is -0.363 e. The van der Waals surface area contributed by atoms with Crippen LogP contribution in [0.3, 0.4) is 0 Å². The Hall–Kier alpha value is -1.05. The Kier molecular flexibility index (Phi) is 2.71. The smallest absolute Gasteiger partial charge is 0.0617 e. The first-order valence-electron chi connectivity index (χ1n) is 7.57. The van der Waals surface area contributed by atoms with Gasteiger partial charge in [0.25, 0.3) is 0 Å². The molecule has 104 valence electrons. The Bertz CT molecular complexity index is 495. The van der Waals surface area contributed by atoms with E-state index in [0.717, 1.165) is 11.6 Å². The summed E-state index contributed by atoms with van der Waals surface area (Å²) >= 11 is 0. The number of rotatable bonds is 1. The zero-order chi connectivity index (χ0) is 13.9. The van der Waals surface area contributed by atoms with Crippen LogP contribution in [0.4, 0.5) is 5.69 Å². The number of nitrogens with zero attached hydrogens (tertiary/aromatic N) is 2. The fraction of sp³-hybridized carbons (Fsp3) is 0.706. The molecule has 0 amide bonds. The van der Waals surface area contributed by atoms with Crippen molar-refractivity contribution in [2.75, 3.05) is 4.90 Å². The van der Waals surface area contributed by atoms with Gasteiger partial charge in [0.05, 0.1) is 11.4 Å². The number of aryl methyl sites for hydroxylation is 3. The van der Waals surface area contributed by atoms with Gasteiger partial charge in [0.1, 0.15) is 0 Å². The maximum absolute atomic E-state index is 4.70. The molecular weight excluding hydrogens is 232 g/mol. The van der Waals surface area contributed by atoms with Gasteiger partial charge in [-0.05, 0) is 63.5 Å². The van der Waals surface area contributed by atoms with Crippen LogP contribution in [0.1, 0.15) is 50.6 Å². The van der Waals surface area contributed by atoms with Gasteiger partial charge in [0.2, 0.25) is 0 Å². The highest BCUT2D eigenvalue weighted by atomic mass is 15.3. The third-order valence-electron chi connectivity index (χ3n) is 5.67. The maximum atomic E-state index is 4.70. The van der Waals surface area contributed by atoms with Crippen LogP contribution in [-0.4, -0.2) is 17.1 Å². The van der Waals surface area contributed by atoms with E-state index >= 15 is 0 Å². The van der Waals surface area contributed by atoms with Gasteiger partial charge in [0, 0.05) is 17.8 Å².